The first kappa shape index (κ1) is 14.6. The molecule has 0 aromatic heterocycles. The number of carbonyl (C=O) groups is 2. The summed E-state index contributed by atoms with van der Waals surface area (Å²) in [5, 5.41) is 3.23. The number of amides is 2. The van der Waals surface area contributed by atoms with Crippen LogP contribution < -0.4 is 5.32 Å². The number of carbonyl (C=O) groups excluding carboxylic acids is 2. The van der Waals surface area contributed by atoms with Gasteiger partial charge in [-0.1, -0.05) is 19.1 Å². The molecule has 20 heavy (non-hydrogen) atoms. The molecular formula is C16H22N2O2. The quantitative estimate of drug-likeness (QED) is 0.859. The summed E-state index contributed by atoms with van der Waals surface area (Å²) in [6.07, 6.45) is 1.03. The Morgan fingerprint density at radius 3 is 2.70 bits per heavy atom. The van der Waals surface area contributed by atoms with Gasteiger partial charge in [0.1, 0.15) is 6.04 Å². The number of rotatable bonds is 4. The number of hydrogen-bond acceptors (Lipinski definition) is 3. The van der Waals surface area contributed by atoms with Crippen molar-refractivity contribution in [2.45, 2.75) is 52.6 Å². The predicted octanol–water partition coefficient (Wildman–Crippen LogP) is 2.64. The van der Waals surface area contributed by atoms with Crippen LogP contribution in [0.1, 0.15) is 37.8 Å². The number of imide groups is 1. The van der Waals surface area contributed by atoms with Crippen molar-refractivity contribution in [3.05, 3.63) is 29.3 Å². The van der Waals surface area contributed by atoms with Crippen LogP contribution in [0.3, 0.4) is 0 Å². The Hall–Kier alpha value is -1.84. The minimum atomic E-state index is -0.433. The van der Waals surface area contributed by atoms with Gasteiger partial charge in [0, 0.05) is 11.7 Å². The molecule has 4 nitrogen and oxygen atoms in total. The molecule has 1 N–H and O–H groups in total. The van der Waals surface area contributed by atoms with Gasteiger partial charge in [0.05, 0.1) is 6.42 Å². The van der Waals surface area contributed by atoms with Gasteiger partial charge in [-0.3, -0.25) is 14.5 Å². The maximum atomic E-state index is 12.4. The highest BCUT2D eigenvalue weighted by molar-refractivity contribution is 6.07. The molecule has 1 heterocycles. The molecule has 0 spiro atoms. The summed E-state index contributed by atoms with van der Waals surface area (Å²) in [4.78, 5) is 25.8. The summed E-state index contributed by atoms with van der Waals surface area (Å²) in [6, 6.07) is 5.48. The summed E-state index contributed by atoms with van der Waals surface area (Å²) < 4.78 is 0. The van der Waals surface area contributed by atoms with Crippen LogP contribution in [-0.2, 0) is 9.59 Å². The van der Waals surface area contributed by atoms with E-state index in [9.17, 15) is 9.59 Å². The smallest absolute Gasteiger partial charge is 0.252 e. The van der Waals surface area contributed by atoms with Crippen molar-refractivity contribution in [3.8, 4) is 0 Å². The molecule has 0 saturated carbocycles. The Kier molecular flexibility index (Phi) is 4.12. The van der Waals surface area contributed by atoms with E-state index in [1.165, 1.54) is 10.5 Å². The van der Waals surface area contributed by atoms with Gasteiger partial charge < -0.3 is 5.32 Å². The van der Waals surface area contributed by atoms with E-state index < -0.39 is 6.04 Å². The summed E-state index contributed by atoms with van der Waals surface area (Å²) in [6.45, 7) is 7.95. The lowest BCUT2D eigenvalue weighted by Crippen LogP contribution is -2.40. The number of anilines is 1. The highest BCUT2D eigenvalue weighted by atomic mass is 16.2. The predicted molar refractivity (Wildman–Crippen MR) is 79.5 cm³/mol. The molecule has 0 bridgehead atoms. The molecule has 1 aliphatic heterocycles. The number of likely N-dealkylation sites (tertiary alicyclic amines) is 1. The molecule has 1 aliphatic rings. The Morgan fingerprint density at radius 2 is 2.05 bits per heavy atom. The van der Waals surface area contributed by atoms with E-state index in [0.29, 0.717) is 0 Å². The standard InChI is InChI=1S/C16H22N2O2/c1-5-11(3)18-15(19)9-14(16(18)20)17-13-8-6-7-10(2)12(13)4/h6-8,11,14,17H,5,9H2,1-4H3. The molecular weight excluding hydrogens is 252 g/mol. The second kappa shape index (κ2) is 5.65. The van der Waals surface area contributed by atoms with Crippen molar-refractivity contribution in [1.82, 2.24) is 4.90 Å². The molecule has 108 valence electrons. The summed E-state index contributed by atoms with van der Waals surface area (Å²) >= 11 is 0. The number of aryl methyl sites for hydroxylation is 1. The van der Waals surface area contributed by atoms with Crippen molar-refractivity contribution in [2.24, 2.45) is 0 Å². The van der Waals surface area contributed by atoms with Gasteiger partial charge in [0.25, 0.3) is 5.91 Å². The highest BCUT2D eigenvalue weighted by Gasteiger charge is 2.40. The van der Waals surface area contributed by atoms with Crippen molar-refractivity contribution < 1.29 is 9.59 Å². The average molecular weight is 274 g/mol. The lowest BCUT2D eigenvalue weighted by atomic mass is 10.1. The Morgan fingerprint density at radius 1 is 1.35 bits per heavy atom. The number of hydrogen-bond donors (Lipinski definition) is 1. The molecule has 2 amide bonds. The Bertz CT molecular complexity index is 539. The maximum Gasteiger partial charge on any atom is 0.252 e. The van der Waals surface area contributed by atoms with Crippen LogP contribution in [-0.4, -0.2) is 28.8 Å². The lowest BCUT2D eigenvalue weighted by Gasteiger charge is -2.22. The molecule has 2 unspecified atom stereocenters. The molecule has 2 atom stereocenters. The van der Waals surface area contributed by atoms with Crippen LogP contribution in [0.25, 0.3) is 0 Å². The largest absolute Gasteiger partial charge is 0.373 e. The molecule has 4 heteroatoms. The first-order valence-corrected chi connectivity index (χ1v) is 7.14. The Labute approximate surface area is 120 Å². The average Bonchev–Trinajstić information content (AvgIpc) is 2.69. The second-order valence-electron chi connectivity index (χ2n) is 5.51. The topological polar surface area (TPSA) is 49.4 Å². The monoisotopic (exact) mass is 274 g/mol. The first-order valence-electron chi connectivity index (χ1n) is 7.14. The molecule has 1 saturated heterocycles. The lowest BCUT2D eigenvalue weighted by molar-refractivity contribution is -0.140. The van der Waals surface area contributed by atoms with Crippen LogP contribution >= 0.6 is 0 Å². The van der Waals surface area contributed by atoms with E-state index in [1.807, 2.05) is 45.9 Å². The SMILES string of the molecule is CCC(C)N1C(=O)CC(Nc2cccc(C)c2C)C1=O. The molecule has 0 radical (unpaired) electrons. The summed E-state index contributed by atoms with van der Waals surface area (Å²) in [5.74, 6) is -0.183. The van der Waals surface area contributed by atoms with Crippen LogP contribution in [0.2, 0.25) is 0 Å². The zero-order valence-electron chi connectivity index (χ0n) is 12.6. The third-order valence-electron chi connectivity index (χ3n) is 4.15. The van der Waals surface area contributed by atoms with Gasteiger partial charge in [-0.2, -0.15) is 0 Å². The zero-order chi connectivity index (χ0) is 14.9. The highest BCUT2D eigenvalue weighted by Crippen LogP contribution is 2.24. The number of nitrogens with zero attached hydrogens (tertiary/aromatic N) is 1. The molecule has 1 aromatic rings. The summed E-state index contributed by atoms with van der Waals surface area (Å²) in [7, 11) is 0. The van der Waals surface area contributed by atoms with E-state index in [0.717, 1.165) is 17.7 Å². The number of nitrogens with one attached hydrogen (secondary N) is 1. The fourth-order valence-corrected chi connectivity index (χ4v) is 2.50. The van der Waals surface area contributed by atoms with Gasteiger partial charge in [0.2, 0.25) is 5.91 Å². The van der Waals surface area contributed by atoms with Crippen LogP contribution in [0.5, 0.6) is 0 Å². The van der Waals surface area contributed by atoms with E-state index >= 15 is 0 Å². The number of benzene rings is 1. The van der Waals surface area contributed by atoms with Crippen LogP contribution in [0.4, 0.5) is 5.69 Å². The molecule has 0 aliphatic carbocycles. The maximum absolute atomic E-state index is 12.4. The Balaban J connectivity index is 2.17. The van der Waals surface area contributed by atoms with Crippen LogP contribution in [0, 0.1) is 13.8 Å². The van der Waals surface area contributed by atoms with E-state index in [1.54, 1.807) is 0 Å². The normalized spacial score (nSPS) is 20.4. The van der Waals surface area contributed by atoms with Gasteiger partial charge >= 0.3 is 0 Å². The van der Waals surface area contributed by atoms with Crippen LogP contribution in [0.15, 0.2) is 18.2 Å². The van der Waals surface area contributed by atoms with E-state index in [-0.39, 0.29) is 24.3 Å². The third kappa shape index (κ3) is 2.55. The van der Waals surface area contributed by atoms with Gasteiger partial charge in [-0.25, -0.2) is 0 Å². The fourth-order valence-electron chi connectivity index (χ4n) is 2.50. The molecule has 2 rings (SSSR count). The van der Waals surface area contributed by atoms with Crippen molar-refractivity contribution in [3.63, 3.8) is 0 Å². The minimum absolute atomic E-state index is 0.0274. The van der Waals surface area contributed by atoms with Crippen molar-refractivity contribution in [2.75, 3.05) is 5.32 Å². The zero-order valence-corrected chi connectivity index (χ0v) is 12.6. The van der Waals surface area contributed by atoms with Gasteiger partial charge in [-0.05, 0) is 44.4 Å². The van der Waals surface area contributed by atoms with E-state index in [4.69, 9.17) is 0 Å². The summed E-state index contributed by atoms with van der Waals surface area (Å²) in [5.41, 5.74) is 3.22. The molecule has 1 fully saturated rings. The van der Waals surface area contributed by atoms with Crippen molar-refractivity contribution in [1.29, 1.82) is 0 Å². The molecule has 1 aromatic carbocycles. The minimum Gasteiger partial charge on any atom is -0.373 e. The first-order chi connectivity index (χ1) is 9.45. The van der Waals surface area contributed by atoms with Gasteiger partial charge in [0.15, 0.2) is 0 Å². The fraction of sp³-hybridized carbons (Fsp3) is 0.500. The second-order valence-corrected chi connectivity index (χ2v) is 5.51. The van der Waals surface area contributed by atoms with Crippen molar-refractivity contribution >= 4 is 17.5 Å². The van der Waals surface area contributed by atoms with E-state index in [2.05, 4.69) is 5.32 Å². The third-order valence-corrected chi connectivity index (χ3v) is 4.15. The van der Waals surface area contributed by atoms with Gasteiger partial charge in [-0.15, -0.1) is 0 Å².